The Kier molecular flexibility index (Phi) is 8.27. The number of hydrogen-bond donors (Lipinski definition) is 0. The van der Waals surface area contributed by atoms with Crippen LogP contribution in [0.4, 0.5) is 11.5 Å². The molecular weight excluding hydrogens is 510 g/mol. The summed E-state index contributed by atoms with van der Waals surface area (Å²) >= 11 is 0. The van der Waals surface area contributed by atoms with Gasteiger partial charge in [0, 0.05) is 61.4 Å². The molecule has 1 aromatic heterocycles. The van der Waals surface area contributed by atoms with Gasteiger partial charge in [-0.3, -0.25) is 4.90 Å². The molecule has 1 atom stereocenters. The van der Waals surface area contributed by atoms with Crippen molar-refractivity contribution >= 4 is 22.3 Å². The van der Waals surface area contributed by atoms with Gasteiger partial charge in [0.05, 0.1) is 24.7 Å². The maximum Gasteiger partial charge on any atom is 0.318 e. The van der Waals surface area contributed by atoms with Crippen LogP contribution in [0.15, 0.2) is 36.4 Å². The Balaban J connectivity index is 1.29. The number of ether oxygens (including phenoxy) is 1. The van der Waals surface area contributed by atoms with Crippen LogP contribution in [0, 0.1) is 18.3 Å². The highest BCUT2D eigenvalue weighted by Gasteiger charge is 2.31. The lowest BCUT2D eigenvalue weighted by Gasteiger charge is -2.41. The van der Waals surface area contributed by atoms with Crippen LogP contribution in [0.5, 0.6) is 6.01 Å². The van der Waals surface area contributed by atoms with E-state index in [1.807, 2.05) is 0 Å². The Morgan fingerprint density at radius 1 is 1.05 bits per heavy atom. The standard InChI is InChI=1S/C33H43N7O/c1-24-8-6-9-25-10-7-13-30(31(24)25)39-17-15-28-29(23-39)35-33(41-21-20-38(3)26-11-4-5-12-26)36-32(28)40-19-18-37(2)27(22-40)14-16-34/h6-10,13,26-27H,4-5,11-12,14-15,17-23H2,1-3H3. The monoisotopic (exact) mass is 553 g/mol. The average molecular weight is 554 g/mol. The molecule has 0 spiro atoms. The summed E-state index contributed by atoms with van der Waals surface area (Å²) in [6.07, 6.45) is 6.63. The van der Waals surface area contributed by atoms with E-state index in [0.717, 1.165) is 57.2 Å². The molecular formula is C33H43N7O. The Hall–Kier alpha value is -3.41. The summed E-state index contributed by atoms with van der Waals surface area (Å²) in [5, 5.41) is 12.0. The second-order valence-corrected chi connectivity index (χ2v) is 12.1. The van der Waals surface area contributed by atoms with Crippen LogP contribution in [0.25, 0.3) is 10.8 Å². The highest BCUT2D eigenvalue weighted by atomic mass is 16.5. The largest absolute Gasteiger partial charge is 0.462 e. The third kappa shape index (κ3) is 5.84. The van der Waals surface area contributed by atoms with E-state index < -0.39 is 0 Å². The lowest BCUT2D eigenvalue weighted by Crippen LogP contribution is -2.52. The van der Waals surface area contributed by atoms with E-state index in [1.165, 1.54) is 53.3 Å². The predicted octanol–water partition coefficient (Wildman–Crippen LogP) is 4.79. The van der Waals surface area contributed by atoms with Crippen molar-refractivity contribution in [3.63, 3.8) is 0 Å². The van der Waals surface area contributed by atoms with Gasteiger partial charge in [0.15, 0.2) is 0 Å². The van der Waals surface area contributed by atoms with Gasteiger partial charge in [-0.25, -0.2) is 0 Å². The summed E-state index contributed by atoms with van der Waals surface area (Å²) in [6.45, 7) is 7.89. The molecule has 3 aromatic rings. The molecule has 0 radical (unpaired) electrons. The number of benzene rings is 2. The second-order valence-electron chi connectivity index (χ2n) is 12.1. The first-order valence-electron chi connectivity index (χ1n) is 15.3. The molecule has 0 bridgehead atoms. The highest BCUT2D eigenvalue weighted by molar-refractivity contribution is 5.97. The van der Waals surface area contributed by atoms with E-state index in [1.54, 1.807) is 0 Å². The van der Waals surface area contributed by atoms with Crippen molar-refractivity contribution in [2.24, 2.45) is 0 Å². The van der Waals surface area contributed by atoms with Crippen LogP contribution in [-0.2, 0) is 13.0 Å². The third-order valence-corrected chi connectivity index (χ3v) is 9.48. The molecule has 2 aliphatic heterocycles. The molecule has 3 aliphatic rings. The number of nitrogens with zero attached hydrogens (tertiary/aromatic N) is 7. The maximum absolute atomic E-state index is 9.43. The van der Waals surface area contributed by atoms with Gasteiger partial charge in [-0.1, -0.05) is 43.2 Å². The number of nitriles is 1. The first-order valence-corrected chi connectivity index (χ1v) is 15.3. The molecule has 1 unspecified atom stereocenters. The van der Waals surface area contributed by atoms with Crippen LogP contribution >= 0.6 is 0 Å². The number of likely N-dealkylation sites (N-methyl/N-ethyl adjacent to an activating group) is 2. The molecule has 6 rings (SSSR count). The van der Waals surface area contributed by atoms with Gasteiger partial charge >= 0.3 is 6.01 Å². The third-order valence-electron chi connectivity index (χ3n) is 9.48. The maximum atomic E-state index is 9.43. The van der Waals surface area contributed by atoms with Crippen molar-refractivity contribution in [1.82, 2.24) is 19.8 Å². The molecule has 2 fully saturated rings. The molecule has 1 aliphatic carbocycles. The number of hydrogen-bond acceptors (Lipinski definition) is 8. The SMILES string of the molecule is Cc1cccc2cccc(N3CCc4c(nc(OCCN(C)C5CCCC5)nc4N4CCN(C)C(CC#N)C4)C3)c12. The van der Waals surface area contributed by atoms with Crippen molar-refractivity contribution < 1.29 is 4.74 Å². The van der Waals surface area contributed by atoms with E-state index in [4.69, 9.17) is 14.7 Å². The van der Waals surface area contributed by atoms with Crippen LogP contribution in [0.1, 0.15) is 48.9 Å². The number of aromatic nitrogens is 2. The Morgan fingerprint density at radius 2 is 1.85 bits per heavy atom. The molecule has 1 saturated carbocycles. The smallest absolute Gasteiger partial charge is 0.318 e. The van der Waals surface area contributed by atoms with Crippen molar-refractivity contribution in [2.75, 3.05) is 63.2 Å². The minimum Gasteiger partial charge on any atom is -0.462 e. The lowest BCUT2D eigenvalue weighted by atomic mass is 9.99. The first kappa shape index (κ1) is 27.7. The highest BCUT2D eigenvalue weighted by Crippen LogP contribution is 2.36. The zero-order valence-electron chi connectivity index (χ0n) is 24.8. The summed E-state index contributed by atoms with van der Waals surface area (Å²) < 4.78 is 6.29. The van der Waals surface area contributed by atoms with Gasteiger partial charge in [-0.2, -0.15) is 15.2 Å². The van der Waals surface area contributed by atoms with Crippen LogP contribution in [0.2, 0.25) is 0 Å². The Bertz CT molecular complexity index is 1410. The van der Waals surface area contributed by atoms with Gasteiger partial charge in [0.2, 0.25) is 0 Å². The van der Waals surface area contributed by atoms with Crippen LogP contribution < -0.4 is 14.5 Å². The molecule has 8 nitrogen and oxygen atoms in total. The fourth-order valence-corrected chi connectivity index (χ4v) is 6.96. The zero-order chi connectivity index (χ0) is 28.3. The summed E-state index contributed by atoms with van der Waals surface area (Å²) in [6, 6.07) is 16.9. The molecule has 41 heavy (non-hydrogen) atoms. The number of rotatable bonds is 8. The summed E-state index contributed by atoms with van der Waals surface area (Å²) in [5.74, 6) is 0.999. The molecule has 3 heterocycles. The fraction of sp³-hybridized carbons (Fsp3) is 0.545. The molecule has 0 amide bonds. The second kappa shape index (κ2) is 12.2. The molecule has 0 N–H and O–H groups in total. The van der Waals surface area contributed by atoms with Gasteiger partial charge < -0.3 is 19.4 Å². The Labute approximate surface area is 244 Å². The number of aryl methyl sites for hydroxylation is 1. The fourth-order valence-electron chi connectivity index (χ4n) is 6.96. The number of anilines is 2. The van der Waals surface area contributed by atoms with E-state index in [0.29, 0.717) is 25.1 Å². The summed E-state index contributed by atoms with van der Waals surface area (Å²) in [5.41, 5.74) is 4.85. The van der Waals surface area contributed by atoms with Gasteiger partial charge in [-0.05, 0) is 57.3 Å². The molecule has 1 saturated heterocycles. The van der Waals surface area contributed by atoms with Gasteiger partial charge in [0.25, 0.3) is 0 Å². The zero-order valence-corrected chi connectivity index (χ0v) is 24.8. The van der Waals surface area contributed by atoms with Crippen molar-refractivity contribution in [2.45, 2.75) is 64.1 Å². The minimum atomic E-state index is 0.197. The van der Waals surface area contributed by atoms with Crippen LogP contribution in [-0.4, -0.2) is 85.3 Å². The summed E-state index contributed by atoms with van der Waals surface area (Å²) in [7, 11) is 4.33. The van der Waals surface area contributed by atoms with E-state index in [9.17, 15) is 5.26 Å². The molecule has 2 aromatic carbocycles. The van der Waals surface area contributed by atoms with Gasteiger partial charge in [-0.15, -0.1) is 0 Å². The lowest BCUT2D eigenvalue weighted by molar-refractivity contribution is 0.185. The first-order chi connectivity index (χ1) is 20.0. The number of piperazine rings is 1. The van der Waals surface area contributed by atoms with Crippen molar-refractivity contribution in [3.8, 4) is 12.1 Å². The average Bonchev–Trinajstić information content (AvgIpc) is 3.53. The minimum absolute atomic E-state index is 0.197. The molecule has 8 heteroatoms. The predicted molar refractivity (Wildman–Crippen MR) is 165 cm³/mol. The van der Waals surface area contributed by atoms with Crippen LogP contribution in [0.3, 0.4) is 0 Å². The Morgan fingerprint density at radius 3 is 2.66 bits per heavy atom. The molecule has 216 valence electrons. The topological polar surface area (TPSA) is 71.8 Å². The van der Waals surface area contributed by atoms with Crippen molar-refractivity contribution in [1.29, 1.82) is 5.26 Å². The van der Waals surface area contributed by atoms with E-state index in [2.05, 4.69) is 83.1 Å². The van der Waals surface area contributed by atoms with Gasteiger partial charge in [0.1, 0.15) is 12.4 Å². The normalized spacial score (nSPS) is 20.0. The van der Waals surface area contributed by atoms with E-state index in [-0.39, 0.29) is 6.04 Å². The summed E-state index contributed by atoms with van der Waals surface area (Å²) in [4.78, 5) is 19.6. The van der Waals surface area contributed by atoms with Crippen molar-refractivity contribution in [3.05, 3.63) is 53.2 Å². The van der Waals surface area contributed by atoms with E-state index >= 15 is 0 Å². The quantitative estimate of drug-likeness (QED) is 0.395. The number of fused-ring (bicyclic) bond motifs is 2.